The summed E-state index contributed by atoms with van der Waals surface area (Å²) in [6.45, 7) is 0. The van der Waals surface area contributed by atoms with Crippen LogP contribution in [0.15, 0.2) is 18.2 Å². The van der Waals surface area contributed by atoms with E-state index in [9.17, 15) is 4.79 Å². The lowest BCUT2D eigenvalue weighted by Gasteiger charge is -2.14. The molecule has 2 rings (SSSR count). The summed E-state index contributed by atoms with van der Waals surface area (Å²) in [6, 6.07) is 5.27. The molecule has 1 aromatic rings. The maximum absolute atomic E-state index is 11.8. The van der Waals surface area contributed by atoms with Crippen LogP contribution in [0.5, 0.6) is 11.5 Å². The summed E-state index contributed by atoms with van der Waals surface area (Å²) in [7, 11) is 5.06. The minimum atomic E-state index is -0.0340. The van der Waals surface area contributed by atoms with Gasteiger partial charge in [0.05, 0.1) is 13.2 Å². The molecular weight excluding hydrogens is 218 g/mol. The van der Waals surface area contributed by atoms with Gasteiger partial charge in [0.25, 0.3) is 5.91 Å². The van der Waals surface area contributed by atoms with Gasteiger partial charge in [-0.3, -0.25) is 4.79 Å². The summed E-state index contributed by atoms with van der Waals surface area (Å²) in [6.07, 6.45) is 2.44. The molecule has 0 aromatic heterocycles. The topological polar surface area (TPSA) is 38.8 Å². The SMILES string of the molecule is COc1ccc(C(=O)N(C)C)cc1OC1CC1. The van der Waals surface area contributed by atoms with E-state index in [0.717, 1.165) is 12.8 Å². The van der Waals surface area contributed by atoms with Crippen LogP contribution in [-0.2, 0) is 0 Å². The van der Waals surface area contributed by atoms with Gasteiger partial charge < -0.3 is 14.4 Å². The predicted molar refractivity (Wildman–Crippen MR) is 64.7 cm³/mol. The molecule has 0 saturated heterocycles. The van der Waals surface area contributed by atoms with Crippen molar-refractivity contribution < 1.29 is 14.3 Å². The Bertz CT molecular complexity index is 425. The molecule has 1 saturated carbocycles. The Balaban J connectivity index is 2.26. The van der Waals surface area contributed by atoms with Crippen LogP contribution in [0.25, 0.3) is 0 Å². The van der Waals surface area contributed by atoms with Crippen molar-refractivity contribution in [1.82, 2.24) is 4.90 Å². The molecular formula is C13H17NO3. The summed E-state index contributed by atoms with van der Waals surface area (Å²) >= 11 is 0. The second-order valence-electron chi connectivity index (χ2n) is 4.38. The highest BCUT2D eigenvalue weighted by Crippen LogP contribution is 2.34. The average Bonchev–Trinajstić information content (AvgIpc) is 3.11. The third-order valence-electron chi connectivity index (χ3n) is 2.63. The standard InChI is InChI=1S/C13H17NO3/c1-14(2)13(15)9-4-7-11(16-3)12(8-9)17-10-5-6-10/h4,7-8,10H,5-6H2,1-3H3. The van der Waals surface area contributed by atoms with Crippen molar-refractivity contribution >= 4 is 5.91 Å². The monoisotopic (exact) mass is 235 g/mol. The number of hydrogen-bond donors (Lipinski definition) is 0. The molecule has 0 bridgehead atoms. The molecule has 1 aliphatic carbocycles. The van der Waals surface area contributed by atoms with E-state index < -0.39 is 0 Å². The van der Waals surface area contributed by atoms with Crippen molar-refractivity contribution in [3.8, 4) is 11.5 Å². The Labute approximate surface area is 101 Å². The van der Waals surface area contributed by atoms with Gasteiger partial charge in [0, 0.05) is 19.7 Å². The fourth-order valence-corrected chi connectivity index (χ4v) is 1.53. The smallest absolute Gasteiger partial charge is 0.253 e. The van der Waals surface area contributed by atoms with E-state index in [1.54, 1.807) is 44.3 Å². The van der Waals surface area contributed by atoms with E-state index >= 15 is 0 Å². The van der Waals surface area contributed by atoms with E-state index in [1.807, 2.05) is 0 Å². The Morgan fingerprint density at radius 3 is 2.53 bits per heavy atom. The lowest BCUT2D eigenvalue weighted by Crippen LogP contribution is -2.21. The summed E-state index contributed by atoms with van der Waals surface area (Å²) in [5.74, 6) is 1.29. The fraction of sp³-hybridized carbons (Fsp3) is 0.462. The van der Waals surface area contributed by atoms with Crippen molar-refractivity contribution in [2.24, 2.45) is 0 Å². The van der Waals surface area contributed by atoms with Gasteiger partial charge in [0.1, 0.15) is 0 Å². The average molecular weight is 235 g/mol. The number of ether oxygens (including phenoxy) is 2. The van der Waals surface area contributed by atoms with Gasteiger partial charge in [0.2, 0.25) is 0 Å². The third kappa shape index (κ3) is 2.70. The van der Waals surface area contributed by atoms with E-state index in [0.29, 0.717) is 17.1 Å². The van der Waals surface area contributed by atoms with Crippen LogP contribution in [0, 0.1) is 0 Å². The minimum absolute atomic E-state index is 0.0340. The van der Waals surface area contributed by atoms with Gasteiger partial charge in [0.15, 0.2) is 11.5 Å². The number of carbonyl (C=O) groups excluding carboxylic acids is 1. The molecule has 4 nitrogen and oxygen atoms in total. The van der Waals surface area contributed by atoms with E-state index in [4.69, 9.17) is 9.47 Å². The first-order valence-corrected chi connectivity index (χ1v) is 5.68. The van der Waals surface area contributed by atoms with Gasteiger partial charge in [-0.2, -0.15) is 0 Å². The first kappa shape index (κ1) is 11.8. The van der Waals surface area contributed by atoms with Crippen LogP contribution in [0.2, 0.25) is 0 Å². The number of methoxy groups -OCH3 is 1. The van der Waals surface area contributed by atoms with Crippen molar-refractivity contribution in [1.29, 1.82) is 0 Å². The van der Waals surface area contributed by atoms with E-state index in [2.05, 4.69) is 0 Å². The summed E-state index contributed by atoms with van der Waals surface area (Å²) in [4.78, 5) is 13.4. The molecule has 0 N–H and O–H groups in total. The maximum Gasteiger partial charge on any atom is 0.253 e. The Morgan fingerprint density at radius 1 is 1.29 bits per heavy atom. The Morgan fingerprint density at radius 2 is 2.00 bits per heavy atom. The molecule has 1 fully saturated rings. The molecule has 1 amide bonds. The number of hydrogen-bond acceptors (Lipinski definition) is 3. The first-order chi connectivity index (χ1) is 8.11. The number of amides is 1. The highest BCUT2D eigenvalue weighted by molar-refractivity contribution is 5.94. The molecule has 0 heterocycles. The Kier molecular flexibility index (Phi) is 3.22. The normalized spacial score (nSPS) is 14.3. The van der Waals surface area contributed by atoms with Crippen LogP contribution < -0.4 is 9.47 Å². The zero-order chi connectivity index (χ0) is 12.4. The van der Waals surface area contributed by atoms with Crippen LogP contribution in [0.3, 0.4) is 0 Å². The lowest BCUT2D eigenvalue weighted by molar-refractivity contribution is 0.0827. The molecule has 0 unspecified atom stereocenters. The summed E-state index contributed by atoms with van der Waals surface area (Å²) in [5.41, 5.74) is 0.617. The highest BCUT2D eigenvalue weighted by Gasteiger charge is 2.25. The zero-order valence-electron chi connectivity index (χ0n) is 10.4. The van der Waals surface area contributed by atoms with Crippen LogP contribution in [-0.4, -0.2) is 38.1 Å². The number of benzene rings is 1. The number of rotatable bonds is 4. The first-order valence-electron chi connectivity index (χ1n) is 5.68. The molecule has 0 aliphatic heterocycles. The largest absolute Gasteiger partial charge is 0.493 e. The molecule has 0 atom stereocenters. The van der Waals surface area contributed by atoms with E-state index in [1.165, 1.54) is 0 Å². The molecule has 17 heavy (non-hydrogen) atoms. The van der Waals surface area contributed by atoms with Gasteiger partial charge in [-0.1, -0.05) is 0 Å². The van der Waals surface area contributed by atoms with Crippen molar-refractivity contribution in [3.63, 3.8) is 0 Å². The quantitative estimate of drug-likeness (QED) is 0.800. The fourth-order valence-electron chi connectivity index (χ4n) is 1.53. The van der Waals surface area contributed by atoms with Gasteiger partial charge in [-0.25, -0.2) is 0 Å². The maximum atomic E-state index is 11.8. The van der Waals surface area contributed by atoms with Crippen molar-refractivity contribution in [2.75, 3.05) is 21.2 Å². The van der Waals surface area contributed by atoms with E-state index in [-0.39, 0.29) is 12.0 Å². The molecule has 0 radical (unpaired) electrons. The van der Waals surface area contributed by atoms with Gasteiger partial charge >= 0.3 is 0 Å². The number of carbonyl (C=O) groups is 1. The zero-order valence-corrected chi connectivity index (χ0v) is 10.4. The van der Waals surface area contributed by atoms with Crippen LogP contribution in [0.4, 0.5) is 0 Å². The molecule has 1 aliphatic rings. The summed E-state index contributed by atoms with van der Waals surface area (Å²) < 4.78 is 10.9. The Hall–Kier alpha value is -1.71. The predicted octanol–water partition coefficient (Wildman–Crippen LogP) is 1.94. The van der Waals surface area contributed by atoms with Crippen LogP contribution >= 0.6 is 0 Å². The van der Waals surface area contributed by atoms with Gasteiger partial charge in [-0.05, 0) is 31.0 Å². The second-order valence-corrected chi connectivity index (χ2v) is 4.38. The lowest BCUT2D eigenvalue weighted by atomic mass is 10.2. The third-order valence-corrected chi connectivity index (χ3v) is 2.63. The van der Waals surface area contributed by atoms with Crippen LogP contribution in [0.1, 0.15) is 23.2 Å². The van der Waals surface area contributed by atoms with Crippen molar-refractivity contribution in [2.45, 2.75) is 18.9 Å². The highest BCUT2D eigenvalue weighted by atomic mass is 16.5. The minimum Gasteiger partial charge on any atom is -0.493 e. The second kappa shape index (κ2) is 4.65. The summed E-state index contributed by atoms with van der Waals surface area (Å²) in [5, 5.41) is 0. The number of nitrogens with zero attached hydrogens (tertiary/aromatic N) is 1. The van der Waals surface area contributed by atoms with Gasteiger partial charge in [-0.15, -0.1) is 0 Å². The van der Waals surface area contributed by atoms with Crippen molar-refractivity contribution in [3.05, 3.63) is 23.8 Å². The molecule has 92 valence electrons. The molecule has 4 heteroatoms. The molecule has 1 aromatic carbocycles. The molecule has 0 spiro atoms.